The van der Waals surface area contributed by atoms with Gasteiger partial charge in [0.25, 0.3) is 10.0 Å². The minimum Gasteiger partial charge on any atom is -0.497 e. The lowest BCUT2D eigenvalue weighted by atomic mass is 9.98. The first-order valence-electron chi connectivity index (χ1n) is 11.5. The molecule has 2 aliphatic heterocycles. The maximum Gasteiger partial charge on any atom is 0.252 e. The highest BCUT2D eigenvalue weighted by Gasteiger charge is 2.37. The standard InChI is InChI=1S/C23H26ClN3O5S3/c1-31-16-6-7-18-19(12-16)33-23(25-18)27(14-17-5-3-11-32-17)22(28)15-4-2-10-26(13-15)35(29,30)21-9-8-20(24)34-21/h6-9,12,15,17H,2-5,10-11,13-14H2,1H3. The van der Waals surface area contributed by atoms with E-state index in [4.69, 9.17) is 26.1 Å². The summed E-state index contributed by atoms with van der Waals surface area (Å²) in [6, 6.07) is 8.74. The van der Waals surface area contributed by atoms with Gasteiger partial charge in [0.1, 0.15) is 9.96 Å². The van der Waals surface area contributed by atoms with Crippen LogP contribution >= 0.6 is 34.3 Å². The van der Waals surface area contributed by atoms with Gasteiger partial charge >= 0.3 is 0 Å². The molecule has 35 heavy (non-hydrogen) atoms. The molecule has 4 heterocycles. The van der Waals surface area contributed by atoms with E-state index in [0.717, 1.165) is 40.1 Å². The molecule has 2 unspecified atom stereocenters. The molecule has 0 bridgehead atoms. The molecule has 12 heteroatoms. The Hall–Kier alpha value is -1.76. The van der Waals surface area contributed by atoms with Crippen molar-refractivity contribution in [2.75, 3.05) is 38.3 Å². The first kappa shape index (κ1) is 24.9. The highest BCUT2D eigenvalue weighted by atomic mass is 35.5. The predicted octanol–water partition coefficient (Wildman–Crippen LogP) is 4.63. The Bertz CT molecular complexity index is 1320. The maximum absolute atomic E-state index is 13.9. The fourth-order valence-corrected chi connectivity index (χ4v) is 8.71. The monoisotopic (exact) mass is 555 g/mol. The zero-order chi connectivity index (χ0) is 24.6. The molecular formula is C23H26ClN3O5S3. The molecule has 2 saturated heterocycles. The summed E-state index contributed by atoms with van der Waals surface area (Å²) >= 11 is 8.44. The first-order valence-corrected chi connectivity index (χ1v) is 14.9. The summed E-state index contributed by atoms with van der Waals surface area (Å²) < 4.78 is 40.5. The molecule has 0 aliphatic carbocycles. The van der Waals surface area contributed by atoms with Gasteiger partial charge in [-0.3, -0.25) is 9.69 Å². The fraction of sp³-hybridized carbons (Fsp3) is 0.478. The number of fused-ring (bicyclic) bond motifs is 1. The van der Waals surface area contributed by atoms with Crippen molar-refractivity contribution >= 4 is 65.6 Å². The molecule has 0 radical (unpaired) electrons. The number of ether oxygens (including phenoxy) is 2. The van der Waals surface area contributed by atoms with Crippen LogP contribution in [-0.2, 0) is 19.6 Å². The van der Waals surface area contributed by atoms with Crippen molar-refractivity contribution in [3.8, 4) is 5.75 Å². The van der Waals surface area contributed by atoms with Gasteiger partial charge in [0.2, 0.25) is 5.91 Å². The van der Waals surface area contributed by atoms with E-state index in [0.29, 0.717) is 42.0 Å². The van der Waals surface area contributed by atoms with Gasteiger partial charge in [-0.25, -0.2) is 13.4 Å². The van der Waals surface area contributed by atoms with E-state index in [-0.39, 0.29) is 22.8 Å². The topological polar surface area (TPSA) is 89.0 Å². The number of benzene rings is 1. The van der Waals surface area contributed by atoms with E-state index in [9.17, 15) is 13.2 Å². The Kier molecular flexibility index (Phi) is 7.34. The number of methoxy groups -OCH3 is 1. The van der Waals surface area contributed by atoms with Crippen LogP contribution in [0, 0.1) is 5.92 Å². The van der Waals surface area contributed by atoms with Crippen molar-refractivity contribution in [1.82, 2.24) is 9.29 Å². The fourth-order valence-electron chi connectivity index (χ4n) is 4.54. The summed E-state index contributed by atoms with van der Waals surface area (Å²) in [6.45, 7) is 1.61. The van der Waals surface area contributed by atoms with E-state index < -0.39 is 15.9 Å². The third-order valence-electron chi connectivity index (χ3n) is 6.37. The first-order chi connectivity index (χ1) is 16.8. The average molecular weight is 556 g/mol. The number of sulfonamides is 1. The lowest BCUT2D eigenvalue weighted by Gasteiger charge is -2.34. The van der Waals surface area contributed by atoms with Crippen LogP contribution in [0.2, 0.25) is 4.34 Å². The number of halogens is 1. The number of carbonyl (C=O) groups excluding carboxylic acids is 1. The van der Waals surface area contributed by atoms with Crippen LogP contribution in [0.4, 0.5) is 5.13 Å². The van der Waals surface area contributed by atoms with Gasteiger partial charge in [0, 0.05) is 19.7 Å². The van der Waals surface area contributed by atoms with E-state index >= 15 is 0 Å². The number of aromatic nitrogens is 1. The third kappa shape index (κ3) is 5.21. The van der Waals surface area contributed by atoms with Gasteiger partial charge < -0.3 is 9.47 Å². The van der Waals surface area contributed by atoms with E-state index in [1.54, 1.807) is 18.1 Å². The summed E-state index contributed by atoms with van der Waals surface area (Å²) in [5.74, 6) is 0.152. The van der Waals surface area contributed by atoms with Crippen molar-refractivity contribution in [2.24, 2.45) is 5.92 Å². The molecule has 2 aromatic heterocycles. The van der Waals surface area contributed by atoms with Crippen molar-refractivity contribution in [2.45, 2.75) is 36.0 Å². The van der Waals surface area contributed by atoms with Gasteiger partial charge in [0.15, 0.2) is 5.13 Å². The summed E-state index contributed by atoms with van der Waals surface area (Å²) in [5.41, 5.74) is 0.790. The molecule has 0 saturated carbocycles. The SMILES string of the molecule is COc1ccc2nc(N(CC3CCCO3)C(=O)C3CCCN(S(=O)(=O)c4ccc(Cl)s4)C3)sc2c1. The Balaban J connectivity index is 1.42. The molecule has 5 rings (SSSR count). The number of piperidine rings is 1. The Morgan fingerprint density at radius 1 is 1.26 bits per heavy atom. The number of hydrogen-bond acceptors (Lipinski definition) is 8. The van der Waals surface area contributed by atoms with Gasteiger partial charge in [-0.15, -0.1) is 11.3 Å². The normalized spacial score (nSPS) is 21.4. The lowest BCUT2D eigenvalue weighted by Crippen LogP contribution is -2.48. The highest BCUT2D eigenvalue weighted by Crippen LogP contribution is 2.35. The number of hydrogen-bond donors (Lipinski definition) is 0. The van der Waals surface area contributed by atoms with Crippen LogP contribution in [0.1, 0.15) is 25.7 Å². The molecule has 0 N–H and O–H groups in total. The minimum absolute atomic E-state index is 0.0582. The van der Waals surface area contributed by atoms with E-state index in [1.807, 2.05) is 18.2 Å². The predicted molar refractivity (Wildman–Crippen MR) is 138 cm³/mol. The summed E-state index contributed by atoms with van der Waals surface area (Å²) in [6.07, 6.45) is 3.02. The maximum atomic E-state index is 13.9. The summed E-state index contributed by atoms with van der Waals surface area (Å²) in [4.78, 5) is 20.3. The van der Waals surface area contributed by atoms with Crippen LogP contribution in [-0.4, -0.2) is 63.1 Å². The van der Waals surface area contributed by atoms with Gasteiger partial charge in [-0.05, 0) is 56.0 Å². The van der Waals surface area contributed by atoms with Crippen LogP contribution < -0.4 is 9.64 Å². The smallest absolute Gasteiger partial charge is 0.252 e. The quantitative estimate of drug-likeness (QED) is 0.422. The number of thiazole rings is 1. The number of nitrogens with zero attached hydrogens (tertiary/aromatic N) is 3. The largest absolute Gasteiger partial charge is 0.497 e. The minimum atomic E-state index is -3.70. The Morgan fingerprint density at radius 3 is 2.83 bits per heavy atom. The van der Waals surface area contributed by atoms with Gasteiger partial charge in [-0.2, -0.15) is 4.31 Å². The Labute approximate surface area is 217 Å². The van der Waals surface area contributed by atoms with Crippen molar-refractivity contribution < 1.29 is 22.7 Å². The lowest BCUT2D eigenvalue weighted by molar-refractivity contribution is -0.123. The molecule has 2 atom stereocenters. The molecule has 3 aromatic rings. The molecule has 0 spiro atoms. The van der Waals surface area contributed by atoms with Crippen LogP contribution in [0.15, 0.2) is 34.5 Å². The molecule has 1 aromatic carbocycles. The molecule has 2 fully saturated rings. The molecule has 8 nitrogen and oxygen atoms in total. The van der Waals surface area contributed by atoms with E-state index in [2.05, 4.69) is 0 Å². The molecular weight excluding hydrogens is 530 g/mol. The van der Waals surface area contributed by atoms with Crippen LogP contribution in [0.25, 0.3) is 10.2 Å². The van der Waals surface area contributed by atoms with Crippen LogP contribution in [0.3, 0.4) is 0 Å². The summed E-state index contributed by atoms with van der Waals surface area (Å²) in [5, 5.41) is 0.596. The van der Waals surface area contributed by atoms with E-state index in [1.165, 1.54) is 21.7 Å². The highest BCUT2D eigenvalue weighted by molar-refractivity contribution is 7.91. The number of anilines is 1. The zero-order valence-electron chi connectivity index (χ0n) is 19.2. The van der Waals surface area contributed by atoms with Crippen LogP contribution in [0.5, 0.6) is 5.75 Å². The molecule has 1 amide bonds. The third-order valence-corrected chi connectivity index (χ3v) is 11.0. The molecule has 188 valence electrons. The Morgan fingerprint density at radius 2 is 2.11 bits per heavy atom. The number of rotatable bonds is 7. The summed E-state index contributed by atoms with van der Waals surface area (Å²) in [7, 11) is -2.09. The number of thiophene rings is 1. The van der Waals surface area contributed by atoms with Crippen molar-refractivity contribution in [3.05, 3.63) is 34.7 Å². The second-order valence-corrected chi connectivity index (χ2v) is 13.6. The number of amides is 1. The van der Waals surface area contributed by atoms with Gasteiger partial charge in [0.05, 0.1) is 40.2 Å². The second kappa shape index (κ2) is 10.3. The van der Waals surface area contributed by atoms with Gasteiger partial charge in [-0.1, -0.05) is 22.9 Å². The zero-order valence-corrected chi connectivity index (χ0v) is 22.4. The van der Waals surface area contributed by atoms with Crippen molar-refractivity contribution in [3.63, 3.8) is 0 Å². The molecule has 2 aliphatic rings. The number of carbonyl (C=O) groups is 1. The second-order valence-electron chi connectivity index (χ2n) is 8.67. The average Bonchev–Trinajstić information content (AvgIpc) is 3.62. The van der Waals surface area contributed by atoms with Crippen molar-refractivity contribution in [1.29, 1.82) is 0 Å².